The fourth-order valence-electron chi connectivity index (χ4n) is 2.35. The summed E-state index contributed by atoms with van der Waals surface area (Å²) < 4.78 is 5.67. The maximum atomic E-state index is 12.6. The number of anilines is 2. The van der Waals surface area contributed by atoms with E-state index in [1.54, 1.807) is 49.6 Å². The zero-order chi connectivity index (χ0) is 16.6. The van der Waals surface area contributed by atoms with E-state index in [1.165, 1.54) is 11.8 Å². The van der Waals surface area contributed by atoms with Crippen molar-refractivity contribution in [3.8, 4) is 5.75 Å². The number of benzene rings is 1. The van der Waals surface area contributed by atoms with Gasteiger partial charge < -0.3 is 10.1 Å². The summed E-state index contributed by atoms with van der Waals surface area (Å²) >= 11 is 5.90. The first kappa shape index (κ1) is 15.3. The van der Waals surface area contributed by atoms with E-state index >= 15 is 0 Å². The van der Waals surface area contributed by atoms with Gasteiger partial charge in [0.05, 0.1) is 0 Å². The van der Waals surface area contributed by atoms with Gasteiger partial charge in [-0.25, -0.2) is 4.98 Å². The first-order valence-electron chi connectivity index (χ1n) is 6.91. The van der Waals surface area contributed by atoms with Crippen molar-refractivity contribution in [3.63, 3.8) is 0 Å². The number of pyridine rings is 1. The molecule has 0 unspecified atom stereocenters. The Hall–Kier alpha value is -2.60. The highest BCUT2D eigenvalue weighted by atomic mass is 35.5. The molecule has 0 saturated heterocycles. The molecule has 118 valence electrons. The maximum Gasteiger partial charge on any atom is 0.281 e. The highest BCUT2D eigenvalue weighted by Crippen LogP contribution is 2.35. The van der Waals surface area contributed by atoms with Crippen LogP contribution in [0.1, 0.15) is 6.92 Å². The first-order chi connectivity index (χ1) is 10.9. The summed E-state index contributed by atoms with van der Waals surface area (Å²) in [5, 5.41) is 3.14. The first-order valence-corrected chi connectivity index (χ1v) is 7.29. The number of fused-ring (bicyclic) bond motifs is 1. The van der Waals surface area contributed by atoms with Crippen LogP contribution in [0.4, 0.5) is 11.5 Å². The molecule has 1 atom stereocenters. The molecule has 23 heavy (non-hydrogen) atoms. The Labute approximate surface area is 138 Å². The minimum Gasteiger partial charge on any atom is -0.464 e. The van der Waals surface area contributed by atoms with Gasteiger partial charge in [-0.3, -0.25) is 14.5 Å². The van der Waals surface area contributed by atoms with Gasteiger partial charge in [0, 0.05) is 24.0 Å². The predicted molar refractivity (Wildman–Crippen MR) is 86.8 cm³/mol. The minimum absolute atomic E-state index is 0.373. The van der Waals surface area contributed by atoms with E-state index in [-0.39, 0.29) is 0 Å². The van der Waals surface area contributed by atoms with Crippen molar-refractivity contribution in [2.24, 2.45) is 0 Å². The number of nitrogens with zero attached hydrogens (tertiary/aromatic N) is 2. The molecule has 2 aromatic rings. The molecule has 0 saturated carbocycles. The Morgan fingerprint density at radius 3 is 2.87 bits per heavy atom. The molecule has 1 aromatic carbocycles. The molecule has 1 N–H and O–H groups in total. The van der Waals surface area contributed by atoms with E-state index in [2.05, 4.69) is 10.3 Å². The number of hydrogen-bond donors (Lipinski definition) is 1. The number of carbonyl (C=O) groups excluding carboxylic acids is 2. The van der Waals surface area contributed by atoms with Gasteiger partial charge in [-0.1, -0.05) is 17.7 Å². The Morgan fingerprint density at radius 2 is 2.13 bits per heavy atom. The second-order valence-corrected chi connectivity index (χ2v) is 5.73. The summed E-state index contributed by atoms with van der Waals surface area (Å²) in [5.74, 6) is -0.321. The van der Waals surface area contributed by atoms with Crippen molar-refractivity contribution in [2.45, 2.75) is 12.5 Å². The van der Waals surface area contributed by atoms with E-state index in [9.17, 15) is 9.59 Å². The van der Waals surface area contributed by atoms with Crippen LogP contribution >= 0.6 is 11.6 Å². The zero-order valence-electron chi connectivity index (χ0n) is 12.5. The molecule has 0 aliphatic carbocycles. The molecule has 1 aromatic heterocycles. The molecule has 0 fully saturated rings. The number of hydrogen-bond acceptors (Lipinski definition) is 4. The number of rotatable bonds is 2. The summed E-state index contributed by atoms with van der Waals surface area (Å²) in [6.07, 6.45) is 1.56. The Bertz CT molecular complexity index is 796. The topological polar surface area (TPSA) is 71.5 Å². The van der Waals surface area contributed by atoms with Gasteiger partial charge in [-0.2, -0.15) is 0 Å². The second kappa shape index (κ2) is 5.55. The van der Waals surface area contributed by atoms with Crippen LogP contribution in [-0.2, 0) is 9.59 Å². The van der Waals surface area contributed by atoms with Crippen molar-refractivity contribution in [3.05, 3.63) is 47.6 Å². The molecule has 2 heterocycles. The third-order valence-electron chi connectivity index (χ3n) is 3.61. The summed E-state index contributed by atoms with van der Waals surface area (Å²) in [5.41, 5.74) is -1.20. The van der Waals surface area contributed by atoms with Crippen molar-refractivity contribution in [2.75, 3.05) is 17.3 Å². The number of ether oxygens (including phenoxy) is 1. The minimum atomic E-state index is -1.69. The molecule has 0 radical (unpaired) electrons. The zero-order valence-corrected chi connectivity index (χ0v) is 13.3. The molecular weight excluding hydrogens is 318 g/mol. The summed E-state index contributed by atoms with van der Waals surface area (Å²) in [7, 11) is 1.56. The number of halogens is 1. The van der Waals surface area contributed by atoms with Crippen LogP contribution in [-0.4, -0.2) is 29.4 Å². The van der Waals surface area contributed by atoms with Crippen LogP contribution in [0.15, 0.2) is 42.6 Å². The molecule has 0 spiro atoms. The molecule has 1 aliphatic heterocycles. The van der Waals surface area contributed by atoms with E-state index < -0.39 is 17.4 Å². The smallest absolute Gasteiger partial charge is 0.281 e. The van der Waals surface area contributed by atoms with Gasteiger partial charge in [-0.15, -0.1) is 0 Å². The van der Waals surface area contributed by atoms with Gasteiger partial charge in [0.1, 0.15) is 0 Å². The lowest BCUT2D eigenvalue weighted by molar-refractivity contribution is -0.145. The lowest BCUT2D eigenvalue weighted by Crippen LogP contribution is -2.60. The summed E-state index contributed by atoms with van der Waals surface area (Å²) in [6.45, 7) is 1.43. The molecular formula is C16H14ClN3O3. The van der Waals surface area contributed by atoms with Crippen molar-refractivity contribution < 1.29 is 14.3 Å². The lowest BCUT2D eigenvalue weighted by atomic mass is 10.0. The normalized spacial score (nSPS) is 19.8. The maximum absolute atomic E-state index is 12.6. The van der Waals surface area contributed by atoms with E-state index in [1.807, 2.05) is 0 Å². The fraction of sp³-hybridized carbons (Fsp3) is 0.188. The quantitative estimate of drug-likeness (QED) is 0.858. The Morgan fingerprint density at radius 1 is 1.35 bits per heavy atom. The molecule has 0 bridgehead atoms. The number of aromatic nitrogens is 1. The molecule has 6 nitrogen and oxygen atoms in total. The highest BCUT2D eigenvalue weighted by molar-refractivity contribution is 6.31. The predicted octanol–water partition coefficient (Wildman–Crippen LogP) is 2.49. The molecule has 3 rings (SSSR count). The number of likely N-dealkylation sites (N-methyl/N-ethyl adjacent to an activating group) is 1. The van der Waals surface area contributed by atoms with Gasteiger partial charge >= 0.3 is 0 Å². The van der Waals surface area contributed by atoms with Crippen LogP contribution in [0, 0.1) is 0 Å². The van der Waals surface area contributed by atoms with E-state index in [0.29, 0.717) is 22.3 Å². The number of carbonyl (C=O) groups is 2. The van der Waals surface area contributed by atoms with Crippen LogP contribution in [0.3, 0.4) is 0 Å². The van der Waals surface area contributed by atoms with Crippen LogP contribution in [0.5, 0.6) is 5.75 Å². The van der Waals surface area contributed by atoms with Gasteiger partial charge in [0.2, 0.25) is 0 Å². The highest BCUT2D eigenvalue weighted by Gasteiger charge is 2.50. The fourth-order valence-corrected chi connectivity index (χ4v) is 2.54. The van der Waals surface area contributed by atoms with Crippen LogP contribution < -0.4 is 15.0 Å². The van der Waals surface area contributed by atoms with Crippen molar-refractivity contribution in [1.82, 2.24) is 4.98 Å². The average molecular weight is 332 g/mol. The largest absolute Gasteiger partial charge is 0.464 e. The SMILES string of the molecule is CN1C(=O)[C@@](C)(C(=O)Nc2cccc(Cl)c2)Oc2cccnc21. The monoisotopic (exact) mass is 331 g/mol. The van der Waals surface area contributed by atoms with Gasteiger partial charge in [-0.05, 0) is 37.3 Å². The Balaban J connectivity index is 1.92. The molecule has 7 heteroatoms. The van der Waals surface area contributed by atoms with Crippen molar-refractivity contribution >= 4 is 34.9 Å². The standard InChI is InChI=1S/C16H14ClN3O3/c1-16(14(21)19-11-6-3-5-10(17)9-11)15(22)20(2)13-12(23-16)7-4-8-18-13/h3-9H,1-2H3,(H,19,21)/t16-/m1/s1. The Kier molecular flexibility index (Phi) is 3.69. The lowest BCUT2D eigenvalue weighted by Gasteiger charge is -2.36. The molecule has 1 aliphatic rings. The average Bonchev–Trinajstić information content (AvgIpc) is 2.53. The van der Waals surface area contributed by atoms with E-state index in [0.717, 1.165) is 0 Å². The third-order valence-corrected chi connectivity index (χ3v) is 3.85. The van der Waals surface area contributed by atoms with E-state index in [4.69, 9.17) is 16.3 Å². The van der Waals surface area contributed by atoms with Crippen LogP contribution in [0.25, 0.3) is 0 Å². The molecule has 2 amide bonds. The van der Waals surface area contributed by atoms with Gasteiger partial charge in [0.15, 0.2) is 11.6 Å². The second-order valence-electron chi connectivity index (χ2n) is 5.29. The number of amides is 2. The summed E-state index contributed by atoms with van der Waals surface area (Å²) in [6, 6.07) is 10.0. The van der Waals surface area contributed by atoms with Gasteiger partial charge in [0.25, 0.3) is 17.4 Å². The third kappa shape index (κ3) is 2.61. The van der Waals surface area contributed by atoms with Crippen LogP contribution in [0.2, 0.25) is 5.02 Å². The number of nitrogens with one attached hydrogen (secondary N) is 1. The summed E-state index contributed by atoms with van der Waals surface area (Å²) in [4.78, 5) is 30.6. The van der Waals surface area contributed by atoms with Crippen molar-refractivity contribution in [1.29, 1.82) is 0 Å².